The van der Waals surface area contributed by atoms with Crippen LogP contribution in [0.15, 0.2) is 40.9 Å². The van der Waals surface area contributed by atoms with Crippen LogP contribution < -0.4 is 5.32 Å². The maximum Gasteiger partial charge on any atom is 0.134 e. The standard InChI is InChI=1S/C14H13BrClNO/c1-9-2-4-13(11(15)6-9)17-8-10-3-5-14(18)12(16)7-10/h2-7,17-18H,8H2,1H3. The Morgan fingerprint density at radius 1 is 1.22 bits per heavy atom. The van der Waals surface area contributed by atoms with Gasteiger partial charge in [0.1, 0.15) is 5.75 Å². The first-order chi connectivity index (χ1) is 8.56. The Labute approximate surface area is 120 Å². The van der Waals surface area contributed by atoms with Gasteiger partial charge in [0.25, 0.3) is 0 Å². The molecular weight excluding hydrogens is 314 g/mol. The topological polar surface area (TPSA) is 32.3 Å². The second kappa shape index (κ2) is 5.63. The number of phenolic OH excluding ortho intramolecular Hbond substituents is 1. The average molecular weight is 327 g/mol. The molecule has 0 saturated carbocycles. The van der Waals surface area contributed by atoms with Crippen molar-refractivity contribution in [1.29, 1.82) is 0 Å². The quantitative estimate of drug-likeness (QED) is 0.854. The summed E-state index contributed by atoms with van der Waals surface area (Å²) in [5, 5.41) is 13.0. The summed E-state index contributed by atoms with van der Waals surface area (Å²) in [6.07, 6.45) is 0. The predicted octanol–water partition coefficient (Wildman–Crippen LogP) is 4.73. The van der Waals surface area contributed by atoms with Crippen molar-refractivity contribution in [2.75, 3.05) is 5.32 Å². The minimum Gasteiger partial charge on any atom is -0.506 e. The summed E-state index contributed by atoms with van der Waals surface area (Å²) in [4.78, 5) is 0. The third-order valence-corrected chi connectivity index (χ3v) is 3.58. The molecule has 18 heavy (non-hydrogen) atoms. The molecule has 0 aliphatic carbocycles. The Bertz CT molecular complexity index is 572. The fraction of sp³-hybridized carbons (Fsp3) is 0.143. The van der Waals surface area contributed by atoms with Crippen LogP contribution in [-0.2, 0) is 6.54 Å². The third kappa shape index (κ3) is 3.18. The molecule has 0 aliphatic heterocycles. The molecule has 0 fully saturated rings. The first-order valence-corrected chi connectivity index (χ1v) is 6.71. The Hall–Kier alpha value is -1.19. The van der Waals surface area contributed by atoms with E-state index >= 15 is 0 Å². The van der Waals surface area contributed by atoms with Crippen molar-refractivity contribution in [3.63, 3.8) is 0 Å². The molecule has 2 aromatic rings. The second-order valence-corrected chi connectivity index (χ2v) is 5.38. The molecule has 2 N–H and O–H groups in total. The number of aromatic hydroxyl groups is 1. The van der Waals surface area contributed by atoms with E-state index in [2.05, 4.69) is 33.4 Å². The van der Waals surface area contributed by atoms with Crippen molar-refractivity contribution in [3.8, 4) is 5.75 Å². The zero-order valence-electron chi connectivity index (χ0n) is 9.87. The van der Waals surface area contributed by atoms with Gasteiger partial charge in [-0.15, -0.1) is 0 Å². The number of rotatable bonds is 3. The van der Waals surface area contributed by atoms with Gasteiger partial charge < -0.3 is 10.4 Å². The van der Waals surface area contributed by atoms with Crippen molar-refractivity contribution in [2.24, 2.45) is 0 Å². The Kier molecular flexibility index (Phi) is 4.15. The zero-order chi connectivity index (χ0) is 13.1. The van der Waals surface area contributed by atoms with Gasteiger partial charge in [-0.1, -0.05) is 23.7 Å². The molecule has 2 nitrogen and oxygen atoms in total. The summed E-state index contributed by atoms with van der Waals surface area (Å²) in [6, 6.07) is 11.3. The van der Waals surface area contributed by atoms with Crippen LogP contribution in [0.1, 0.15) is 11.1 Å². The van der Waals surface area contributed by atoms with Crippen LogP contribution in [0.3, 0.4) is 0 Å². The molecular formula is C14H13BrClNO. The van der Waals surface area contributed by atoms with Crippen LogP contribution in [0.2, 0.25) is 5.02 Å². The number of hydrogen-bond acceptors (Lipinski definition) is 2. The van der Waals surface area contributed by atoms with E-state index in [1.165, 1.54) is 5.56 Å². The molecule has 0 spiro atoms. The summed E-state index contributed by atoms with van der Waals surface area (Å²) < 4.78 is 1.03. The van der Waals surface area contributed by atoms with E-state index < -0.39 is 0 Å². The normalized spacial score (nSPS) is 10.4. The van der Waals surface area contributed by atoms with E-state index in [1.54, 1.807) is 12.1 Å². The van der Waals surface area contributed by atoms with Crippen LogP contribution in [0.25, 0.3) is 0 Å². The number of hydrogen-bond donors (Lipinski definition) is 2. The van der Waals surface area contributed by atoms with E-state index in [-0.39, 0.29) is 5.75 Å². The van der Waals surface area contributed by atoms with Gasteiger partial charge in [0.05, 0.1) is 5.02 Å². The molecule has 94 valence electrons. The van der Waals surface area contributed by atoms with E-state index in [4.69, 9.17) is 11.6 Å². The Morgan fingerprint density at radius 3 is 2.67 bits per heavy atom. The highest BCUT2D eigenvalue weighted by atomic mass is 79.9. The number of benzene rings is 2. The lowest BCUT2D eigenvalue weighted by molar-refractivity contribution is 0.475. The molecule has 0 radical (unpaired) electrons. The van der Waals surface area contributed by atoms with Gasteiger partial charge in [0.2, 0.25) is 0 Å². The number of aryl methyl sites for hydroxylation is 1. The predicted molar refractivity (Wildman–Crippen MR) is 79.3 cm³/mol. The van der Waals surface area contributed by atoms with Gasteiger partial charge in [-0.25, -0.2) is 0 Å². The summed E-state index contributed by atoms with van der Waals surface area (Å²) in [7, 11) is 0. The largest absolute Gasteiger partial charge is 0.506 e. The van der Waals surface area contributed by atoms with Gasteiger partial charge in [-0.3, -0.25) is 0 Å². The Morgan fingerprint density at radius 2 is 2.00 bits per heavy atom. The molecule has 0 bridgehead atoms. The van der Waals surface area contributed by atoms with Crippen LogP contribution in [0, 0.1) is 6.92 Å². The first kappa shape index (κ1) is 13.2. The number of anilines is 1. The van der Waals surface area contributed by atoms with Gasteiger partial charge in [-0.2, -0.15) is 0 Å². The summed E-state index contributed by atoms with van der Waals surface area (Å²) in [5.41, 5.74) is 3.26. The monoisotopic (exact) mass is 325 g/mol. The summed E-state index contributed by atoms with van der Waals surface area (Å²) >= 11 is 9.38. The lowest BCUT2D eigenvalue weighted by Gasteiger charge is -2.10. The molecule has 0 atom stereocenters. The van der Waals surface area contributed by atoms with E-state index in [0.717, 1.165) is 15.7 Å². The average Bonchev–Trinajstić information content (AvgIpc) is 2.32. The van der Waals surface area contributed by atoms with Crippen molar-refractivity contribution in [1.82, 2.24) is 0 Å². The molecule has 0 heterocycles. The molecule has 0 aliphatic rings. The number of nitrogens with one attached hydrogen (secondary N) is 1. The highest BCUT2D eigenvalue weighted by Crippen LogP contribution is 2.26. The van der Waals surface area contributed by atoms with Crippen molar-refractivity contribution in [2.45, 2.75) is 13.5 Å². The molecule has 2 rings (SSSR count). The smallest absolute Gasteiger partial charge is 0.134 e. The molecule has 4 heteroatoms. The van der Waals surface area contributed by atoms with Crippen molar-refractivity contribution < 1.29 is 5.11 Å². The van der Waals surface area contributed by atoms with Crippen molar-refractivity contribution >= 4 is 33.2 Å². The number of halogens is 2. The number of phenols is 1. The summed E-state index contributed by atoms with van der Waals surface area (Å²) in [6.45, 7) is 2.70. The fourth-order valence-electron chi connectivity index (χ4n) is 1.62. The van der Waals surface area contributed by atoms with Gasteiger partial charge in [0.15, 0.2) is 0 Å². The van der Waals surface area contributed by atoms with E-state index in [9.17, 15) is 5.11 Å². The van der Waals surface area contributed by atoms with Crippen LogP contribution in [-0.4, -0.2) is 5.11 Å². The van der Waals surface area contributed by atoms with Crippen molar-refractivity contribution in [3.05, 3.63) is 57.0 Å². The molecule has 0 aromatic heterocycles. The highest BCUT2D eigenvalue weighted by molar-refractivity contribution is 9.10. The van der Waals surface area contributed by atoms with Crippen LogP contribution in [0.4, 0.5) is 5.69 Å². The highest BCUT2D eigenvalue weighted by Gasteiger charge is 2.02. The van der Waals surface area contributed by atoms with E-state index in [0.29, 0.717) is 11.6 Å². The lowest BCUT2D eigenvalue weighted by Crippen LogP contribution is -2.00. The van der Waals surface area contributed by atoms with Crippen LogP contribution >= 0.6 is 27.5 Å². The van der Waals surface area contributed by atoms with E-state index in [1.807, 2.05) is 19.1 Å². The second-order valence-electron chi connectivity index (χ2n) is 4.12. The molecule has 2 aromatic carbocycles. The third-order valence-electron chi connectivity index (χ3n) is 2.62. The minimum atomic E-state index is 0.108. The first-order valence-electron chi connectivity index (χ1n) is 5.53. The SMILES string of the molecule is Cc1ccc(NCc2ccc(O)c(Cl)c2)c(Br)c1. The summed E-state index contributed by atoms with van der Waals surface area (Å²) in [5.74, 6) is 0.108. The van der Waals surface area contributed by atoms with Gasteiger partial charge in [-0.05, 0) is 58.2 Å². The Balaban J connectivity index is 2.09. The maximum absolute atomic E-state index is 9.34. The minimum absolute atomic E-state index is 0.108. The molecule has 0 unspecified atom stereocenters. The lowest BCUT2D eigenvalue weighted by atomic mass is 10.2. The van der Waals surface area contributed by atoms with Gasteiger partial charge in [0, 0.05) is 16.7 Å². The molecule has 0 saturated heterocycles. The maximum atomic E-state index is 9.34. The van der Waals surface area contributed by atoms with Crippen LogP contribution in [0.5, 0.6) is 5.75 Å². The fourth-order valence-corrected chi connectivity index (χ4v) is 2.46. The zero-order valence-corrected chi connectivity index (χ0v) is 12.2. The van der Waals surface area contributed by atoms with Gasteiger partial charge >= 0.3 is 0 Å². The molecule has 0 amide bonds.